The molecule has 2 fully saturated rings. The molecule has 0 aliphatic heterocycles. The van der Waals surface area contributed by atoms with E-state index in [1.807, 2.05) is 13.8 Å². The first kappa shape index (κ1) is 30.8. The number of carbonyl (C=O) groups excluding carboxylic acids is 3. The molecule has 3 aliphatic rings. The lowest BCUT2D eigenvalue weighted by molar-refractivity contribution is -0.164. The van der Waals surface area contributed by atoms with Gasteiger partial charge < -0.3 is 16.0 Å². The summed E-state index contributed by atoms with van der Waals surface area (Å²) in [5.74, 6) is -1.34. The van der Waals surface area contributed by atoms with Gasteiger partial charge in [-0.25, -0.2) is 0 Å². The lowest BCUT2D eigenvalue weighted by atomic mass is 9.88. The Balaban J connectivity index is 1.18. The molecule has 3 N–H and O–H groups in total. The summed E-state index contributed by atoms with van der Waals surface area (Å²) in [4.78, 5) is 44.2. The summed E-state index contributed by atoms with van der Waals surface area (Å²) >= 11 is 0. The average molecular weight is 623 g/mol. The Labute approximate surface area is 259 Å². The van der Waals surface area contributed by atoms with Gasteiger partial charge in [-0.1, -0.05) is 12.1 Å². The van der Waals surface area contributed by atoms with E-state index in [9.17, 15) is 27.6 Å². The van der Waals surface area contributed by atoms with Gasteiger partial charge in [0, 0.05) is 24.1 Å². The van der Waals surface area contributed by atoms with Crippen molar-refractivity contribution >= 4 is 23.4 Å². The second kappa shape index (κ2) is 12.3. The Morgan fingerprint density at radius 2 is 1.67 bits per heavy atom. The van der Waals surface area contributed by atoms with Gasteiger partial charge in [-0.3, -0.25) is 24.0 Å². The van der Waals surface area contributed by atoms with Crippen molar-refractivity contribution in [2.24, 2.45) is 17.8 Å². The highest BCUT2D eigenvalue weighted by atomic mass is 19.4. The molecular weight excluding hydrogens is 585 g/mol. The molecular formula is C33H37F3N6O3. The van der Waals surface area contributed by atoms with E-state index >= 15 is 0 Å². The molecule has 2 heterocycles. The molecule has 3 aliphatic carbocycles. The van der Waals surface area contributed by atoms with Crippen molar-refractivity contribution in [2.45, 2.75) is 82.6 Å². The summed E-state index contributed by atoms with van der Waals surface area (Å²) < 4.78 is 43.2. The maximum absolute atomic E-state index is 13.8. The third-order valence-corrected chi connectivity index (χ3v) is 9.08. The summed E-state index contributed by atoms with van der Waals surface area (Å²) in [6.45, 7) is 3.87. The van der Waals surface area contributed by atoms with E-state index < -0.39 is 30.1 Å². The van der Waals surface area contributed by atoms with Crippen LogP contribution in [0.4, 0.5) is 18.9 Å². The van der Waals surface area contributed by atoms with Gasteiger partial charge in [0.1, 0.15) is 11.7 Å². The zero-order valence-corrected chi connectivity index (χ0v) is 25.2. The number of pyridine rings is 1. The van der Waals surface area contributed by atoms with Crippen LogP contribution in [0, 0.1) is 17.8 Å². The molecule has 1 aromatic carbocycles. The van der Waals surface area contributed by atoms with Crippen LogP contribution < -0.4 is 16.0 Å². The second-order valence-electron chi connectivity index (χ2n) is 12.7. The van der Waals surface area contributed by atoms with Crippen molar-refractivity contribution in [3.63, 3.8) is 0 Å². The third-order valence-electron chi connectivity index (χ3n) is 9.08. The minimum Gasteiger partial charge on any atom is -0.339 e. The average Bonchev–Trinajstić information content (AvgIpc) is 3.93. The van der Waals surface area contributed by atoms with Gasteiger partial charge in [-0.2, -0.15) is 18.3 Å². The Hall–Kier alpha value is -4.22. The molecule has 2 aromatic heterocycles. The van der Waals surface area contributed by atoms with Crippen LogP contribution in [0.3, 0.4) is 0 Å². The Bertz CT molecular complexity index is 1550. The van der Waals surface area contributed by atoms with Crippen molar-refractivity contribution in [1.82, 2.24) is 25.4 Å². The molecule has 238 valence electrons. The van der Waals surface area contributed by atoms with E-state index in [-0.39, 0.29) is 29.5 Å². The zero-order valence-electron chi connectivity index (χ0n) is 25.2. The van der Waals surface area contributed by atoms with E-state index in [0.29, 0.717) is 41.6 Å². The number of rotatable bonds is 11. The van der Waals surface area contributed by atoms with Crippen molar-refractivity contribution in [3.8, 4) is 0 Å². The molecule has 0 radical (unpaired) electrons. The maximum Gasteiger partial charge on any atom is 0.414 e. The second-order valence-corrected chi connectivity index (χ2v) is 12.7. The molecule has 12 heteroatoms. The summed E-state index contributed by atoms with van der Waals surface area (Å²) in [6.07, 6.45) is 3.07. The van der Waals surface area contributed by atoms with E-state index in [1.165, 1.54) is 24.4 Å². The predicted molar refractivity (Wildman–Crippen MR) is 160 cm³/mol. The number of aryl methyl sites for hydroxylation is 1. The Morgan fingerprint density at radius 1 is 0.933 bits per heavy atom. The van der Waals surface area contributed by atoms with Crippen LogP contribution in [0.5, 0.6) is 0 Å². The lowest BCUT2D eigenvalue weighted by Crippen LogP contribution is -2.50. The molecule has 3 aromatic rings. The molecule has 3 atom stereocenters. The maximum atomic E-state index is 13.8. The van der Waals surface area contributed by atoms with Crippen LogP contribution >= 0.6 is 0 Å². The van der Waals surface area contributed by atoms with Crippen LogP contribution in [0.2, 0.25) is 0 Å². The van der Waals surface area contributed by atoms with E-state index in [2.05, 4.69) is 26.0 Å². The predicted octanol–water partition coefficient (Wildman–Crippen LogP) is 5.48. The first-order valence-corrected chi connectivity index (χ1v) is 15.6. The van der Waals surface area contributed by atoms with Gasteiger partial charge in [-0.15, -0.1) is 0 Å². The number of carbonyl (C=O) groups is 3. The first-order chi connectivity index (χ1) is 21.5. The number of alkyl halides is 3. The van der Waals surface area contributed by atoms with Gasteiger partial charge in [0.25, 0.3) is 5.91 Å². The third kappa shape index (κ3) is 6.74. The number of halogens is 3. The Kier molecular flexibility index (Phi) is 8.41. The van der Waals surface area contributed by atoms with Gasteiger partial charge in [-0.05, 0) is 112 Å². The standard InChI is InChI=1S/C33H37F3N6O3/c1-18(2)42-26(14-16-38-42)31(44)40-28(27(19-6-7-19)20-8-9-20)32(45)39-22-11-13-23-21(17-22)10-12-24(23)30(43)41-29(33(34,35)36)25-5-3-4-15-37-25/h3-5,11,13-20,24,27-29H,6-10,12H2,1-2H3,(H,39,45)(H,40,44)(H,41,43)/t24?,28-,29?/m0/s1. The van der Waals surface area contributed by atoms with Gasteiger partial charge in [0.2, 0.25) is 11.8 Å². The Morgan fingerprint density at radius 3 is 2.29 bits per heavy atom. The van der Waals surface area contributed by atoms with Gasteiger partial charge >= 0.3 is 6.18 Å². The number of benzene rings is 1. The molecule has 3 amide bonds. The SMILES string of the molecule is CC(C)n1nccc1C(=O)N[C@H](C(=O)Nc1ccc2c(c1)CCC2C(=O)NC(c1ccccn1)C(F)(F)F)C(C1CC1)C1CC1. The highest BCUT2D eigenvalue weighted by Crippen LogP contribution is 2.51. The molecule has 9 nitrogen and oxygen atoms in total. The largest absolute Gasteiger partial charge is 0.414 e. The number of nitrogens with zero attached hydrogens (tertiary/aromatic N) is 3. The summed E-state index contributed by atoms with van der Waals surface area (Å²) in [6, 6.07) is 8.00. The summed E-state index contributed by atoms with van der Waals surface area (Å²) in [5.41, 5.74) is 2.05. The van der Waals surface area contributed by atoms with Gasteiger partial charge in [0.05, 0.1) is 11.6 Å². The number of hydrogen-bond donors (Lipinski definition) is 3. The first-order valence-electron chi connectivity index (χ1n) is 15.6. The molecule has 45 heavy (non-hydrogen) atoms. The van der Waals surface area contributed by atoms with Crippen LogP contribution in [-0.2, 0) is 16.0 Å². The smallest absolute Gasteiger partial charge is 0.339 e. The fourth-order valence-electron chi connectivity index (χ4n) is 6.65. The molecule has 0 saturated heterocycles. The zero-order chi connectivity index (χ0) is 31.9. The number of hydrogen-bond acceptors (Lipinski definition) is 5. The monoisotopic (exact) mass is 622 g/mol. The van der Waals surface area contributed by atoms with E-state index in [1.54, 1.807) is 35.1 Å². The van der Waals surface area contributed by atoms with Crippen molar-refractivity contribution in [3.05, 3.63) is 77.4 Å². The van der Waals surface area contributed by atoms with Gasteiger partial charge in [0.15, 0.2) is 6.04 Å². The van der Waals surface area contributed by atoms with Crippen molar-refractivity contribution in [1.29, 1.82) is 0 Å². The lowest BCUT2D eigenvalue weighted by Gasteiger charge is -2.28. The molecule has 6 rings (SSSR count). The van der Waals surface area contributed by atoms with Crippen molar-refractivity contribution < 1.29 is 27.6 Å². The number of amides is 3. The topological polar surface area (TPSA) is 118 Å². The quantitative estimate of drug-likeness (QED) is 0.262. The fourth-order valence-corrected chi connectivity index (χ4v) is 6.65. The van der Waals surface area contributed by atoms with Crippen LogP contribution in [0.25, 0.3) is 0 Å². The van der Waals surface area contributed by atoms with E-state index in [4.69, 9.17) is 0 Å². The number of nitrogens with one attached hydrogen (secondary N) is 3. The van der Waals surface area contributed by atoms with Crippen LogP contribution in [-0.4, -0.2) is 44.7 Å². The van der Waals surface area contributed by atoms with Crippen LogP contribution in [0.1, 0.15) is 91.3 Å². The normalized spacial score (nSPS) is 19.2. The summed E-state index contributed by atoms with van der Waals surface area (Å²) in [5, 5.41) is 12.4. The van der Waals surface area contributed by atoms with Crippen molar-refractivity contribution in [2.75, 3.05) is 5.32 Å². The molecule has 0 spiro atoms. The minimum atomic E-state index is -4.71. The minimum absolute atomic E-state index is 0.0256. The molecule has 0 bridgehead atoms. The number of fused-ring (bicyclic) bond motifs is 1. The summed E-state index contributed by atoms with van der Waals surface area (Å²) in [7, 11) is 0. The molecule has 2 unspecified atom stereocenters. The number of anilines is 1. The fraction of sp³-hybridized carbons (Fsp3) is 0.485. The van der Waals surface area contributed by atoms with E-state index in [0.717, 1.165) is 31.2 Å². The number of aromatic nitrogens is 3. The molecule has 2 saturated carbocycles. The van der Waals surface area contributed by atoms with Crippen LogP contribution in [0.15, 0.2) is 54.9 Å². The highest BCUT2D eigenvalue weighted by molar-refractivity contribution is 6.01. The highest BCUT2D eigenvalue weighted by Gasteiger charge is 2.49.